The Labute approximate surface area is 139 Å². The number of benzene rings is 1. The summed E-state index contributed by atoms with van der Waals surface area (Å²) in [4.78, 5) is 7.55. The van der Waals surface area contributed by atoms with Gasteiger partial charge in [-0.05, 0) is 23.8 Å². The predicted molar refractivity (Wildman–Crippen MR) is 78.5 cm³/mol. The van der Waals surface area contributed by atoms with Gasteiger partial charge in [0.15, 0.2) is 5.03 Å². The number of fused-ring (bicyclic) bond motifs is 1. The Morgan fingerprint density at radius 1 is 1.12 bits per heavy atom. The van der Waals surface area contributed by atoms with E-state index >= 15 is 0 Å². The maximum Gasteiger partial charge on any atom is 0.408 e. The first-order chi connectivity index (χ1) is 11.7. The van der Waals surface area contributed by atoms with Crippen molar-refractivity contribution < 1.29 is 26.0 Å². The number of hydrogen-bond donors (Lipinski definition) is 1. The number of nitrogens with one attached hydrogen (secondary N) is 1. The van der Waals surface area contributed by atoms with Gasteiger partial charge in [-0.2, -0.15) is 17.9 Å². The Kier molecular flexibility index (Phi) is 4.21. The zero-order chi connectivity index (χ0) is 18.2. The third kappa shape index (κ3) is 3.46. The van der Waals surface area contributed by atoms with Gasteiger partial charge >= 0.3 is 6.18 Å². The van der Waals surface area contributed by atoms with Gasteiger partial charge in [0.2, 0.25) is 5.78 Å². The van der Waals surface area contributed by atoms with Crippen LogP contribution in [0.4, 0.5) is 17.6 Å². The average Bonchev–Trinajstić information content (AvgIpc) is 2.97. The van der Waals surface area contributed by atoms with Gasteiger partial charge in [0, 0.05) is 12.4 Å². The van der Waals surface area contributed by atoms with Crippen LogP contribution in [0, 0.1) is 5.82 Å². The highest BCUT2D eigenvalue weighted by atomic mass is 32.2. The summed E-state index contributed by atoms with van der Waals surface area (Å²) in [5, 5.41) is -0.494. The summed E-state index contributed by atoms with van der Waals surface area (Å²) in [7, 11) is -4.59. The Balaban J connectivity index is 2.02. The molecule has 0 aliphatic rings. The first-order valence-electron chi connectivity index (χ1n) is 6.81. The van der Waals surface area contributed by atoms with Crippen LogP contribution in [0.2, 0.25) is 0 Å². The molecular weight excluding hydrogens is 364 g/mol. The fourth-order valence-corrected chi connectivity index (χ4v) is 3.49. The molecule has 0 saturated heterocycles. The van der Waals surface area contributed by atoms with Crippen LogP contribution in [0.15, 0.2) is 53.9 Å². The molecule has 0 radical (unpaired) electrons. The molecule has 2 heterocycles. The maximum absolute atomic E-state index is 13.3. The van der Waals surface area contributed by atoms with Crippen molar-refractivity contribution in [2.75, 3.05) is 0 Å². The topological polar surface area (TPSA) is 76.4 Å². The molecule has 1 N–H and O–H groups in total. The van der Waals surface area contributed by atoms with E-state index < -0.39 is 38.6 Å². The van der Waals surface area contributed by atoms with Crippen LogP contribution in [0.5, 0.6) is 0 Å². The van der Waals surface area contributed by atoms with Crippen LogP contribution in [0.25, 0.3) is 5.78 Å². The standard InChI is InChI=1S/C14H10F4N4O2S/c15-10-4-2-9(3-5-10)12(14(16,17)18)21-25(23,24)11-8-20-13-19-6-1-7-22(11)13/h1-8,12,21H/t12-/m1/s1. The minimum absolute atomic E-state index is 0.0215. The number of halogens is 4. The Morgan fingerprint density at radius 3 is 2.44 bits per heavy atom. The summed E-state index contributed by atoms with van der Waals surface area (Å²) >= 11 is 0. The van der Waals surface area contributed by atoms with Crippen molar-refractivity contribution in [2.24, 2.45) is 0 Å². The lowest BCUT2D eigenvalue weighted by Crippen LogP contribution is -2.38. The average molecular weight is 374 g/mol. The molecule has 0 unspecified atom stereocenters. The van der Waals surface area contributed by atoms with E-state index in [1.807, 2.05) is 0 Å². The van der Waals surface area contributed by atoms with Crippen molar-refractivity contribution in [3.63, 3.8) is 0 Å². The summed E-state index contributed by atoms with van der Waals surface area (Å²) in [6.45, 7) is 0. The largest absolute Gasteiger partial charge is 0.408 e. The minimum Gasteiger partial charge on any atom is -0.273 e. The molecule has 0 fully saturated rings. The fraction of sp³-hybridized carbons (Fsp3) is 0.143. The number of hydrogen-bond acceptors (Lipinski definition) is 4. The number of imidazole rings is 1. The molecule has 0 aliphatic heterocycles. The third-order valence-electron chi connectivity index (χ3n) is 3.33. The molecule has 0 spiro atoms. The third-order valence-corrected chi connectivity index (χ3v) is 4.73. The lowest BCUT2D eigenvalue weighted by Gasteiger charge is -2.21. The number of sulfonamides is 1. The van der Waals surface area contributed by atoms with E-state index in [1.165, 1.54) is 18.5 Å². The minimum atomic E-state index is -4.93. The van der Waals surface area contributed by atoms with Gasteiger partial charge in [-0.15, -0.1) is 0 Å². The molecule has 132 valence electrons. The molecule has 6 nitrogen and oxygen atoms in total. The molecule has 3 aromatic rings. The maximum atomic E-state index is 13.3. The first-order valence-corrected chi connectivity index (χ1v) is 8.29. The van der Waals surface area contributed by atoms with Crippen molar-refractivity contribution >= 4 is 15.8 Å². The molecule has 0 bridgehead atoms. The van der Waals surface area contributed by atoms with E-state index in [0.717, 1.165) is 34.9 Å². The molecule has 25 heavy (non-hydrogen) atoms. The first kappa shape index (κ1) is 17.3. The van der Waals surface area contributed by atoms with Crippen molar-refractivity contribution in [1.82, 2.24) is 19.1 Å². The van der Waals surface area contributed by atoms with Gasteiger partial charge in [0.1, 0.15) is 11.9 Å². The van der Waals surface area contributed by atoms with E-state index in [0.29, 0.717) is 0 Å². The highest BCUT2D eigenvalue weighted by molar-refractivity contribution is 7.89. The Bertz CT molecular complexity index is 1000. The molecule has 1 atom stereocenters. The second kappa shape index (κ2) is 6.08. The second-order valence-electron chi connectivity index (χ2n) is 5.03. The highest BCUT2D eigenvalue weighted by Gasteiger charge is 2.44. The zero-order valence-corrected chi connectivity index (χ0v) is 13.1. The lowest BCUT2D eigenvalue weighted by atomic mass is 10.1. The Hall–Kier alpha value is -2.53. The van der Waals surface area contributed by atoms with E-state index in [-0.39, 0.29) is 5.78 Å². The van der Waals surface area contributed by atoms with E-state index in [2.05, 4.69) is 9.97 Å². The Morgan fingerprint density at radius 2 is 1.80 bits per heavy atom. The number of alkyl halides is 3. The van der Waals surface area contributed by atoms with Gasteiger partial charge < -0.3 is 0 Å². The van der Waals surface area contributed by atoms with Crippen LogP contribution < -0.4 is 4.72 Å². The summed E-state index contributed by atoms with van der Waals surface area (Å²) in [6, 6.07) is 2.24. The summed E-state index contributed by atoms with van der Waals surface area (Å²) < 4.78 is 80.5. The number of aromatic nitrogens is 3. The normalized spacial score (nSPS) is 13.9. The smallest absolute Gasteiger partial charge is 0.273 e. The van der Waals surface area contributed by atoms with Crippen LogP contribution in [-0.2, 0) is 10.0 Å². The van der Waals surface area contributed by atoms with Crippen molar-refractivity contribution in [1.29, 1.82) is 0 Å². The molecule has 1 aromatic carbocycles. The van der Waals surface area contributed by atoms with Gasteiger partial charge in [-0.1, -0.05) is 12.1 Å². The molecule has 2 aromatic heterocycles. The molecule has 11 heteroatoms. The predicted octanol–water partition coefficient (Wildman–Crippen LogP) is 2.45. The van der Waals surface area contributed by atoms with E-state index in [9.17, 15) is 26.0 Å². The monoisotopic (exact) mass is 374 g/mol. The van der Waals surface area contributed by atoms with Crippen molar-refractivity contribution in [2.45, 2.75) is 17.2 Å². The quantitative estimate of drug-likeness (QED) is 0.712. The van der Waals surface area contributed by atoms with E-state index in [4.69, 9.17) is 0 Å². The number of rotatable bonds is 4. The zero-order valence-electron chi connectivity index (χ0n) is 12.3. The van der Waals surface area contributed by atoms with Crippen molar-refractivity contribution in [3.8, 4) is 0 Å². The summed E-state index contributed by atoms with van der Waals surface area (Å²) in [5.41, 5.74) is -0.440. The highest BCUT2D eigenvalue weighted by Crippen LogP contribution is 2.34. The summed E-state index contributed by atoms with van der Waals surface area (Å²) in [6.07, 6.45) is -1.35. The van der Waals surface area contributed by atoms with Gasteiger partial charge in [0.05, 0.1) is 6.20 Å². The molecule has 0 aliphatic carbocycles. The molecule has 3 rings (SSSR count). The summed E-state index contributed by atoms with van der Waals surface area (Å²) in [5.74, 6) is -0.714. The van der Waals surface area contributed by atoms with Crippen LogP contribution in [0.3, 0.4) is 0 Å². The fourth-order valence-electron chi connectivity index (χ4n) is 2.20. The van der Waals surface area contributed by atoms with Crippen LogP contribution in [0.1, 0.15) is 11.6 Å². The molecular formula is C14H10F4N4O2S. The molecule has 0 amide bonds. The van der Waals surface area contributed by atoms with Crippen LogP contribution >= 0.6 is 0 Å². The van der Waals surface area contributed by atoms with Gasteiger partial charge in [0.25, 0.3) is 10.0 Å². The number of nitrogens with zero attached hydrogens (tertiary/aromatic N) is 3. The lowest BCUT2D eigenvalue weighted by molar-refractivity contribution is -0.153. The van der Waals surface area contributed by atoms with Crippen LogP contribution in [-0.4, -0.2) is 29.0 Å². The van der Waals surface area contributed by atoms with Crippen molar-refractivity contribution in [3.05, 3.63) is 60.3 Å². The van der Waals surface area contributed by atoms with Gasteiger partial charge in [-0.25, -0.2) is 22.8 Å². The van der Waals surface area contributed by atoms with E-state index in [1.54, 1.807) is 4.72 Å². The van der Waals surface area contributed by atoms with Gasteiger partial charge in [-0.3, -0.25) is 4.40 Å². The SMILES string of the molecule is O=S(=O)(N[C@H](c1ccc(F)cc1)C(F)(F)F)c1cnc2ncccn12. The molecule has 0 saturated carbocycles. The second-order valence-corrected chi connectivity index (χ2v) is 6.69.